The molecule has 0 spiro atoms. The average Bonchev–Trinajstić information content (AvgIpc) is 3.20. The molecular weight excluding hydrogens is 378 g/mol. The summed E-state index contributed by atoms with van der Waals surface area (Å²) in [7, 11) is 1.59. The second-order valence-electron chi connectivity index (χ2n) is 5.77. The summed E-state index contributed by atoms with van der Waals surface area (Å²) in [5.74, 6) is -0.299. The molecule has 8 heteroatoms. The molecule has 0 bridgehead atoms. The van der Waals surface area contributed by atoms with E-state index in [-0.39, 0.29) is 0 Å². The third-order valence-corrected chi connectivity index (χ3v) is 4.70. The maximum absolute atomic E-state index is 12.5. The van der Waals surface area contributed by atoms with Crippen LogP contribution in [0.1, 0.15) is 23.7 Å². The van der Waals surface area contributed by atoms with E-state index in [1.807, 2.05) is 29.6 Å². The number of nitrogens with one attached hydrogen (secondary N) is 1. The number of carbonyl (C=O) groups is 2. The summed E-state index contributed by atoms with van der Waals surface area (Å²) in [4.78, 5) is 33.0. The Labute approximate surface area is 166 Å². The van der Waals surface area contributed by atoms with Crippen molar-refractivity contribution >= 4 is 28.3 Å². The summed E-state index contributed by atoms with van der Waals surface area (Å²) < 4.78 is 10.7. The van der Waals surface area contributed by atoms with E-state index in [9.17, 15) is 9.59 Å². The Morgan fingerprint density at radius 3 is 2.64 bits per heavy atom. The van der Waals surface area contributed by atoms with Crippen LogP contribution in [0.5, 0.6) is 5.75 Å². The summed E-state index contributed by atoms with van der Waals surface area (Å²) in [5, 5.41) is 4.97. The number of para-hydroxylation sites is 1. The maximum Gasteiger partial charge on any atom is 0.339 e. The normalized spacial score (nSPS) is 11.5. The molecule has 144 valence electrons. The van der Waals surface area contributed by atoms with Gasteiger partial charge in [0.1, 0.15) is 5.75 Å². The minimum Gasteiger partial charge on any atom is -0.496 e. The summed E-state index contributed by atoms with van der Waals surface area (Å²) in [5.41, 5.74) is 1.87. The summed E-state index contributed by atoms with van der Waals surface area (Å²) >= 11 is 1.29. The largest absolute Gasteiger partial charge is 0.496 e. The first-order chi connectivity index (χ1) is 13.6. The number of aromatic nitrogens is 2. The van der Waals surface area contributed by atoms with Gasteiger partial charge in [-0.05, 0) is 30.7 Å². The van der Waals surface area contributed by atoms with Crippen molar-refractivity contribution in [3.05, 3.63) is 59.7 Å². The first kappa shape index (κ1) is 19.5. The van der Waals surface area contributed by atoms with E-state index in [0.717, 1.165) is 5.56 Å². The fourth-order valence-electron chi connectivity index (χ4n) is 2.50. The number of rotatable bonds is 7. The molecule has 1 atom stereocenters. The molecule has 1 unspecified atom stereocenters. The number of anilines is 1. The topological polar surface area (TPSA) is 90.4 Å². The molecule has 0 aliphatic rings. The number of carbonyl (C=O) groups excluding carboxylic acids is 2. The number of nitrogens with zero attached hydrogens (tertiary/aromatic N) is 2. The van der Waals surface area contributed by atoms with Gasteiger partial charge in [-0.3, -0.25) is 15.1 Å². The van der Waals surface area contributed by atoms with Gasteiger partial charge < -0.3 is 9.47 Å². The highest BCUT2D eigenvalue weighted by Crippen LogP contribution is 2.31. The molecule has 1 N–H and O–H groups in total. The Kier molecular flexibility index (Phi) is 6.33. The Balaban J connectivity index is 1.68. The fourth-order valence-corrected chi connectivity index (χ4v) is 3.22. The lowest BCUT2D eigenvalue weighted by molar-refractivity contribution is -0.124. The van der Waals surface area contributed by atoms with Gasteiger partial charge in [0.2, 0.25) is 0 Å². The molecule has 0 saturated carbocycles. The highest BCUT2D eigenvalue weighted by Gasteiger charge is 2.23. The molecule has 7 nitrogen and oxygen atoms in total. The average molecular weight is 397 g/mol. The lowest BCUT2D eigenvalue weighted by Crippen LogP contribution is -2.32. The summed E-state index contributed by atoms with van der Waals surface area (Å²) in [6, 6.07) is 10.6. The molecule has 3 rings (SSSR count). The zero-order valence-electron chi connectivity index (χ0n) is 15.4. The van der Waals surface area contributed by atoms with Gasteiger partial charge in [-0.15, -0.1) is 11.3 Å². The minimum absolute atomic E-state index is 0.341. The van der Waals surface area contributed by atoms with Crippen LogP contribution in [0.4, 0.5) is 5.13 Å². The molecular formula is C20H19N3O4S. The van der Waals surface area contributed by atoms with Gasteiger partial charge in [0, 0.05) is 23.3 Å². The summed E-state index contributed by atoms with van der Waals surface area (Å²) in [6.45, 7) is 1.77. The van der Waals surface area contributed by atoms with Crippen LogP contribution in [0.2, 0.25) is 0 Å². The zero-order chi connectivity index (χ0) is 19.9. The standard InChI is InChI=1S/C20H19N3O4S/c1-3-16(27-19(25)13-8-10-21-11-9-13)18(24)23-20-22-15(12-28-20)14-6-4-5-7-17(14)26-2/h4-12,16H,3H2,1-2H3,(H,22,23,24). The van der Waals surface area contributed by atoms with Crippen LogP contribution in [0.3, 0.4) is 0 Å². The van der Waals surface area contributed by atoms with Crippen molar-refractivity contribution in [3.63, 3.8) is 0 Å². The van der Waals surface area contributed by atoms with Crippen molar-refractivity contribution in [1.82, 2.24) is 9.97 Å². The van der Waals surface area contributed by atoms with Gasteiger partial charge in [-0.25, -0.2) is 9.78 Å². The van der Waals surface area contributed by atoms with Crippen molar-refractivity contribution in [1.29, 1.82) is 0 Å². The molecule has 0 aliphatic carbocycles. The molecule has 0 fully saturated rings. The Hall–Kier alpha value is -3.26. The fraction of sp³-hybridized carbons (Fsp3) is 0.200. The highest BCUT2D eigenvalue weighted by molar-refractivity contribution is 7.14. The van der Waals surface area contributed by atoms with Gasteiger partial charge in [-0.1, -0.05) is 19.1 Å². The number of esters is 1. The molecule has 1 aromatic carbocycles. The quantitative estimate of drug-likeness (QED) is 0.610. The molecule has 2 aromatic heterocycles. The first-order valence-electron chi connectivity index (χ1n) is 8.63. The van der Waals surface area contributed by atoms with Gasteiger partial charge in [0.05, 0.1) is 18.4 Å². The Bertz CT molecular complexity index is 959. The molecule has 2 heterocycles. The Morgan fingerprint density at radius 1 is 1.18 bits per heavy atom. The smallest absolute Gasteiger partial charge is 0.339 e. The van der Waals surface area contributed by atoms with Gasteiger partial charge in [0.15, 0.2) is 11.2 Å². The molecule has 3 aromatic rings. The molecule has 0 aliphatic heterocycles. The van der Waals surface area contributed by atoms with Crippen LogP contribution in [0.25, 0.3) is 11.3 Å². The van der Waals surface area contributed by atoms with Crippen molar-refractivity contribution in [2.24, 2.45) is 0 Å². The van der Waals surface area contributed by atoms with E-state index in [2.05, 4.69) is 15.3 Å². The van der Waals surface area contributed by atoms with Gasteiger partial charge >= 0.3 is 5.97 Å². The number of benzene rings is 1. The van der Waals surface area contributed by atoms with Crippen LogP contribution in [-0.2, 0) is 9.53 Å². The van der Waals surface area contributed by atoms with Crippen LogP contribution in [-0.4, -0.2) is 35.1 Å². The van der Waals surface area contributed by atoms with Crippen molar-refractivity contribution in [2.45, 2.75) is 19.4 Å². The second-order valence-corrected chi connectivity index (χ2v) is 6.62. The minimum atomic E-state index is -0.917. The number of thiazole rings is 1. The van der Waals surface area contributed by atoms with E-state index in [0.29, 0.717) is 28.6 Å². The van der Waals surface area contributed by atoms with Gasteiger partial charge in [0.25, 0.3) is 5.91 Å². The van der Waals surface area contributed by atoms with Crippen LogP contribution >= 0.6 is 11.3 Å². The van der Waals surface area contributed by atoms with Crippen molar-refractivity contribution < 1.29 is 19.1 Å². The Morgan fingerprint density at radius 2 is 1.93 bits per heavy atom. The highest BCUT2D eigenvalue weighted by atomic mass is 32.1. The van der Waals surface area contributed by atoms with E-state index in [1.165, 1.54) is 35.9 Å². The predicted molar refractivity (Wildman–Crippen MR) is 106 cm³/mol. The van der Waals surface area contributed by atoms with E-state index in [1.54, 1.807) is 14.0 Å². The third kappa shape index (κ3) is 4.52. The van der Waals surface area contributed by atoms with Crippen LogP contribution < -0.4 is 10.1 Å². The van der Waals surface area contributed by atoms with Crippen LogP contribution in [0, 0.1) is 0 Å². The van der Waals surface area contributed by atoms with E-state index < -0.39 is 18.0 Å². The lowest BCUT2D eigenvalue weighted by atomic mass is 10.1. The van der Waals surface area contributed by atoms with E-state index in [4.69, 9.17) is 9.47 Å². The van der Waals surface area contributed by atoms with Crippen molar-refractivity contribution in [2.75, 3.05) is 12.4 Å². The molecule has 1 amide bonds. The number of amides is 1. The number of hydrogen-bond donors (Lipinski definition) is 1. The van der Waals surface area contributed by atoms with Crippen molar-refractivity contribution in [3.8, 4) is 17.0 Å². The number of hydrogen-bond acceptors (Lipinski definition) is 7. The van der Waals surface area contributed by atoms with E-state index >= 15 is 0 Å². The monoisotopic (exact) mass is 397 g/mol. The number of pyridine rings is 1. The zero-order valence-corrected chi connectivity index (χ0v) is 16.2. The number of ether oxygens (including phenoxy) is 2. The first-order valence-corrected chi connectivity index (χ1v) is 9.51. The second kappa shape index (κ2) is 9.09. The maximum atomic E-state index is 12.5. The van der Waals surface area contributed by atoms with Gasteiger partial charge in [-0.2, -0.15) is 0 Å². The predicted octanol–water partition coefficient (Wildman–Crippen LogP) is 3.79. The van der Waals surface area contributed by atoms with Crippen LogP contribution in [0.15, 0.2) is 54.2 Å². The third-order valence-electron chi connectivity index (χ3n) is 3.95. The molecule has 28 heavy (non-hydrogen) atoms. The molecule has 0 saturated heterocycles. The molecule has 0 radical (unpaired) electrons. The number of methoxy groups -OCH3 is 1. The lowest BCUT2D eigenvalue weighted by Gasteiger charge is -2.15. The summed E-state index contributed by atoms with van der Waals surface area (Å²) in [6.07, 6.45) is 2.41. The SMILES string of the molecule is CCC(OC(=O)c1ccncc1)C(=O)Nc1nc(-c2ccccc2OC)cs1.